The van der Waals surface area contributed by atoms with Crippen molar-refractivity contribution in [3.05, 3.63) is 34.3 Å². The molecule has 0 aliphatic carbocycles. The van der Waals surface area contributed by atoms with Gasteiger partial charge in [0.15, 0.2) is 5.78 Å². The van der Waals surface area contributed by atoms with Crippen LogP contribution in [0.1, 0.15) is 23.7 Å². The summed E-state index contributed by atoms with van der Waals surface area (Å²) in [5.74, 6) is 0.190. The first-order valence-corrected chi connectivity index (χ1v) is 5.81. The number of hydrogen-bond acceptors (Lipinski definition) is 2. The Morgan fingerprint density at radius 3 is 2.27 bits per heavy atom. The largest absolute Gasteiger partial charge is 0.299 e. The Hall–Kier alpha value is -0.670. The van der Waals surface area contributed by atoms with Crippen LogP contribution in [-0.4, -0.2) is 30.8 Å². The minimum atomic E-state index is -0.0221. The molecule has 0 saturated heterocycles. The normalized spacial score (nSPS) is 12.9. The predicted molar refractivity (Wildman–Crippen MR) is 66.2 cm³/mol. The van der Waals surface area contributed by atoms with E-state index in [1.807, 2.05) is 50.2 Å². The molecule has 2 nitrogen and oxygen atoms in total. The first-order valence-electron chi connectivity index (χ1n) is 5.02. The molecule has 1 atom stereocenters. The highest BCUT2D eigenvalue weighted by molar-refractivity contribution is 9.10. The van der Waals surface area contributed by atoms with E-state index in [0.717, 1.165) is 16.5 Å². The minimum absolute atomic E-state index is 0.0221. The maximum atomic E-state index is 12.1. The van der Waals surface area contributed by atoms with Gasteiger partial charge < -0.3 is 0 Å². The van der Waals surface area contributed by atoms with Gasteiger partial charge in [-0.1, -0.05) is 35.0 Å². The van der Waals surface area contributed by atoms with Crippen molar-refractivity contribution in [2.45, 2.75) is 19.4 Å². The van der Waals surface area contributed by atoms with Gasteiger partial charge in [0.2, 0.25) is 0 Å². The molecule has 0 aromatic heterocycles. The lowest BCUT2D eigenvalue weighted by molar-refractivity contribution is 0.0871. The van der Waals surface area contributed by atoms with Crippen LogP contribution in [0.4, 0.5) is 0 Å². The predicted octanol–water partition coefficient (Wildman–Crippen LogP) is 2.97. The number of nitrogens with zero attached hydrogens (tertiary/aromatic N) is 1. The average molecular weight is 270 g/mol. The molecule has 0 radical (unpaired) electrons. The number of benzene rings is 1. The van der Waals surface area contributed by atoms with E-state index in [-0.39, 0.29) is 11.8 Å². The molecule has 1 unspecified atom stereocenters. The molecule has 1 rings (SSSR count). The fraction of sp³-hybridized carbons (Fsp3) is 0.417. The summed E-state index contributed by atoms with van der Waals surface area (Å²) in [4.78, 5) is 14.0. The fourth-order valence-corrected chi connectivity index (χ4v) is 1.86. The maximum Gasteiger partial charge on any atom is 0.179 e. The summed E-state index contributed by atoms with van der Waals surface area (Å²) in [6, 6.07) is 7.49. The van der Waals surface area contributed by atoms with E-state index in [9.17, 15) is 4.79 Å². The molecule has 0 aliphatic rings. The van der Waals surface area contributed by atoms with E-state index in [0.29, 0.717) is 0 Å². The zero-order chi connectivity index (χ0) is 11.4. The van der Waals surface area contributed by atoms with Crippen LogP contribution >= 0.6 is 15.9 Å². The zero-order valence-corrected chi connectivity index (χ0v) is 10.9. The Labute approximate surface area is 99.4 Å². The summed E-state index contributed by atoms with van der Waals surface area (Å²) in [6.45, 7) is 2.03. The van der Waals surface area contributed by atoms with Gasteiger partial charge in [-0.15, -0.1) is 0 Å². The van der Waals surface area contributed by atoms with Crippen molar-refractivity contribution < 1.29 is 4.79 Å². The Balaban J connectivity index is 2.88. The molecule has 1 aromatic carbocycles. The third kappa shape index (κ3) is 3.14. The summed E-state index contributed by atoms with van der Waals surface area (Å²) >= 11 is 3.36. The van der Waals surface area contributed by atoms with E-state index >= 15 is 0 Å². The second-order valence-corrected chi connectivity index (χ2v) is 4.67. The molecule has 0 N–H and O–H groups in total. The Bertz CT molecular complexity index is 332. The van der Waals surface area contributed by atoms with E-state index in [1.165, 1.54) is 0 Å². The molecule has 0 amide bonds. The quantitative estimate of drug-likeness (QED) is 0.784. The third-order valence-electron chi connectivity index (χ3n) is 2.44. The van der Waals surface area contributed by atoms with Gasteiger partial charge in [-0.05, 0) is 32.6 Å². The molecule has 3 heteroatoms. The molecule has 0 bridgehead atoms. The van der Waals surface area contributed by atoms with Gasteiger partial charge in [0.1, 0.15) is 0 Å². The lowest BCUT2D eigenvalue weighted by Crippen LogP contribution is -2.35. The van der Waals surface area contributed by atoms with Gasteiger partial charge in [-0.2, -0.15) is 0 Å². The van der Waals surface area contributed by atoms with Crippen molar-refractivity contribution in [3.8, 4) is 0 Å². The van der Waals surface area contributed by atoms with Crippen molar-refractivity contribution >= 4 is 21.7 Å². The molecule has 0 aliphatic heterocycles. The summed E-state index contributed by atoms with van der Waals surface area (Å²) in [5.41, 5.74) is 0.777. The number of hydrogen-bond donors (Lipinski definition) is 0. The van der Waals surface area contributed by atoms with E-state index < -0.39 is 0 Å². The fourth-order valence-electron chi connectivity index (χ4n) is 1.59. The molecule has 0 spiro atoms. The van der Waals surface area contributed by atoms with Gasteiger partial charge in [-0.3, -0.25) is 9.69 Å². The van der Waals surface area contributed by atoms with E-state index in [2.05, 4.69) is 15.9 Å². The average Bonchev–Trinajstić information content (AvgIpc) is 2.19. The Kier molecular flexibility index (Phi) is 4.48. The number of ketones is 1. The van der Waals surface area contributed by atoms with Crippen LogP contribution in [0.25, 0.3) is 0 Å². The molecule has 1 aromatic rings. The van der Waals surface area contributed by atoms with E-state index in [1.54, 1.807) is 0 Å². The highest BCUT2D eigenvalue weighted by Gasteiger charge is 2.19. The van der Waals surface area contributed by atoms with Gasteiger partial charge in [-0.25, -0.2) is 0 Å². The first kappa shape index (κ1) is 12.4. The van der Waals surface area contributed by atoms with Crippen LogP contribution in [-0.2, 0) is 0 Å². The number of halogens is 1. The number of rotatable bonds is 4. The van der Waals surface area contributed by atoms with Crippen molar-refractivity contribution in [3.63, 3.8) is 0 Å². The summed E-state index contributed by atoms with van der Waals surface area (Å²) < 4.78 is 0.997. The summed E-state index contributed by atoms with van der Waals surface area (Å²) in [7, 11) is 3.87. The maximum absolute atomic E-state index is 12.1. The smallest absolute Gasteiger partial charge is 0.179 e. The second-order valence-electron chi connectivity index (χ2n) is 3.76. The second kappa shape index (κ2) is 5.42. The Morgan fingerprint density at radius 2 is 1.87 bits per heavy atom. The highest BCUT2D eigenvalue weighted by Crippen LogP contribution is 2.14. The SMILES string of the molecule is CCC(C(=O)c1ccc(Br)cc1)N(C)C. The lowest BCUT2D eigenvalue weighted by atomic mass is 10.0. The van der Waals surface area contributed by atoms with Crippen LogP contribution < -0.4 is 0 Å². The lowest BCUT2D eigenvalue weighted by Gasteiger charge is -2.21. The van der Waals surface area contributed by atoms with Gasteiger partial charge in [0.25, 0.3) is 0 Å². The molecule has 0 fully saturated rings. The van der Waals surface area contributed by atoms with Gasteiger partial charge in [0, 0.05) is 10.0 Å². The molecular formula is C12H16BrNO. The number of carbonyl (C=O) groups is 1. The first-order chi connectivity index (χ1) is 7.06. The third-order valence-corrected chi connectivity index (χ3v) is 2.97. The van der Waals surface area contributed by atoms with Gasteiger partial charge in [0.05, 0.1) is 6.04 Å². The monoisotopic (exact) mass is 269 g/mol. The van der Waals surface area contributed by atoms with Crippen LogP contribution in [0, 0.1) is 0 Å². The van der Waals surface area contributed by atoms with Crippen molar-refractivity contribution in [1.82, 2.24) is 4.90 Å². The van der Waals surface area contributed by atoms with Crippen LogP contribution in [0.15, 0.2) is 28.7 Å². The van der Waals surface area contributed by atoms with Crippen molar-refractivity contribution in [2.75, 3.05) is 14.1 Å². The summed E-state index contributed by atoms with van der Waals surface area (Å²) in [6.07, 6.45) is 0.835. The highest BCUT2D eigenvalue weighted by atomic mass is 79.9. The zero-order valence-electron chi connectivity index (χ0n) is 9.33. The number of carbonyl (C=O) groups excluding carboxylic acids is 1. The summed E-state index contributed by atoms with van der Waals surface area (Å²) in [5, 5.41) is 0. The molecular weight excluding hydrogens is 254 g/mol. The molecule has 0 saturated carbocycles. The van der Waals surface area contributed by atoms with Crippen LogP contribution in [0.5, 0.6) is 0 Å². The van der Waals surface area contributed by atoms with Gasteiger partial charge >= 0.3 is 0 Å². The topological polar surface area (TPSA) is 20.3 Å². The molecule has 82 valence electrons. The van der Waals surface area contributed by atoms with E-state index in [4.69, 9.17) is 0 Å². The molecule has 15 heavy (non-hydrogen) atoms. The van der Waals surface area contributed by atoms with Crippen LogP contribution in [0.3, 0.4) is 0 Å². The molecule has 0 heterocycles. The van der Waals surface area contributed by atoms with Crippen molar-refractivity contribution in [1.29, 1.82) is 0 Å². The minimum Gasteiger partial charge on any atom is -0.299 e. The number of likely N-dealkylation sites (N-methyl/N-ethyl adjacent to an activating group) is 1. The van der Waals surface area contributed by atoms with Crippen molar-refractivity contribution in [2.24, 2.45) is 0 Å². The van der Waals surface area contributed by atoms with Crippen LogP contribution in [0.2, 0.25) is 0 Å². The standard InChI is InChI=1S/C12H16BrNO/c1-4-11(14(2)3)12(15)9-5-7-10(13)8-6-9/h5-8,11H,4H2,1-3H3. The Morgan fingerprint density at radius 1 is 1.33 bits per heavy atom. The number of Topliss-reactive ketones (excluding diaryl/α,β-unsaturated/α-hetero) is 1.